The third-order valence-electron chi connectivity index (χ3n) is 5.52. The van der Waals surface area contributed by atoms with Gasteiger partial charge in [-0.05, 0) is 25.3 Å². The number of carboxylic acids is 1. The summed E-state index contributed by atoms with van der Waals surface area (Å²) >= 11 is 7.09. The van der Waals surface area contributed by atoms with E-state index in [1.807, 2.05) is 18.7 Å². The molecule has 0 aromatic carbocycles. The number of piperidine rings is 1. The number of nitrogens with one attached hydrogen (secondary N) is 1. The lowest BCUT2D eigenvalue weighted by Crippen LogP contribution is -2.56. The van der Waals surface area contributed by atoms with Gasteiger partial charge in [-0.25, -0.2) is 14.8 Å². The Morgan fingerprint density at radius 3 is 2.66 bits per heavy atom. The van der Waals surface area contributed by atoms with Crippen molar-refractivity contribution in [3.05, 3.63) is 21.3 Å². The fourth-order valence-electron chi connectivity index (χ4n) is 3.75. The van der Waals surface area contributed by atoms with Gasteiger partial charge < -0.3 is 20.1 Å². The van der Waals surface area contributed by atoms with Crippen LogP contribution in [0.1, 0.15) is 66.6 Å². The average Bonchev–Trinajstić information content (AvgIpc) is 3.38. The third-order valence-corrected chi connectivity index (χ3v) is 6.97. The Balaban J connectivity index is 1.72. The standard InChI is InChI=1S/C21H27ClN4O5S/c1-4-11-9-13(23-18(11)22)19(28)24-12-7-8-26(10-15(12)31-6-3)21-25-16(14(27)5-2)17(32-21)20(29)30/h12,15H,4-10H2,1-3H3,(H,24,28)(H,29,30)/t12-,15+/m1/s1. The number of aromatic nitrogens is 1. The first-order chi connectivity index (χ1) is 15.3. The summed E-state index contributed by atoms with van der Waals surface area (Å²) in [6.45, 7) is 6.93. The van der Waals surface area contributed by atoms with Gasteiger partial charge >= 0.3 is 5.97 Å². The number of rotatable bonds is 9. The number of anilines is 1. The number of hydrogen-bond acceptors (Lipinski definition) is 8. The predicted octanol–water partition coefficient (Wildman–Crippen LogP) is 3.24. The highest BCUT2D eigenvalue weighted by atomic mass is 35.5. The Bertz CT molecular complexity index is 973. The van der Waals surface area contributed by atoms with E-state index >= 15 is 0 Å². The maximum atomic E-state index is 12.7. The summed E-state index contributed by atoms with van der Waals surface area (Å²) < 4.78 is 5.89. The SMILES string of the molecule is CCO[C@H]1CN(c2nc(C(=O)CC)c(C(=O)O)s2)CC[C@H]1NC(=O)C1=NC(Cl)=C(CC)C1. The summed E-state index contributed by atoms with van der Waals surface area (Å²) in [4.78, 5) is 46.8. The smallest absolute Gasteiger partial charge is 0.348 e. The quantitative estimate of drug-likeness (QED) is 0.409. The first-order valence-corrected chi connectivity index (χ1v) is 11.9. The van der Waals surface area contributed by atoms with Crippen molar-refractivity contribution in [2.45, 2.75) is 58.6 Å². The average molecular weight is 483 g/mol. The number of thiazole rings is 1. The van der Waals surface area contributed by atoms with Crippen molar-refractivity contribution in [2.75, 3.05) is 24.6 Å². The molecule has 0 aliphatic carbocycles. The number of ketones is 1. The summed E-state index contributed by atoms with van der Waals surface area (Å²) in [5.74, 6) is -1.72. The molecular formula is C21H27ClN4O5S. The van der Waals surface area contributed by atoms with E-state index in [4.69, 9.17) is 16.3 Å². The van der Waals surface area contributed by atoms with Crippen LogP contribution < -0.4 is 10.2 Å². The Labute approximate surface area is 195 Å². The van der Waals surface area contributed by atoms with Crippen molar-refractivity contribution in [2.24, 2.45) is 4.99 Å². The molecule has 1 amide bonds. The molecule has 9 nitrogen and oxygen atoms in total. The second-order valence-electron chi connectivity index (χ2n) is 7.55. The molecule has 2 aliphatic heterocycles. The lowest BCUT2D eigenvalue weighted by Gasteiger charge is -2.38. The highest BCUT2D eigenvalue weighted by Crippen LogP contribution is 2.30. The van der Waals surface area contributed by atoms with Gasteiger partial charge in [0.1, 0.15) is 21.4 Å². The molecule has 0 bridgehead atoms. The molecule has 0 spiro atoms. The van der Waals surface area contributed by atoms with Crippen LogP contribution in [0, 0.1) is 0 Å². The lowest BCUT2D eigenvalue weighted by atomic mass is 10.0. The number of carbonyl (C=O) groups excluding carboxylic acids is 2. The Morgan fingerprint density at radius 2 is 2.06 bits per heavy atom. The van der Waals surface area contributed by atoms with Gasteiger partial charge in [-0.1, -0.05) is 36.8 Å². The van der Waals surface area contributed by atoms with Gasteiger partial charge in [-0.2, -0.15) is 0 Å². The molecule has 1 fully saturated rings. The minimum absolute atomic E-state index is 0.00117. The minimum Gasteiger partial charge on any atom is -0.477 e. The Kier molecular flexibility index (Phi) is 8.02. The summed E-state index contributed by atoms with van der Waals surface area (Å²) in [6.07, 6.45) is 1.63. The van der Waals surface area contributed by atoms with Crippen LogP contribution in [-0.2, 0) is 9.53 Å². The monoisotopic (exact) mass is 482 g/mol. The van der Waals surface area contributed by atoms with Crippen LogP contribution >= 0.6 is 22.9 Å². The van der Waals surface area contributed by atoms with Crippen molar-refractivity contribution in [3.8, 4) is 0 Å². The number of carbonyl (C=O) groups is 3. The molecule has 1 aromatic heterocycles. The van der Waals surface area contributed by atoms with Gasteiger partial charge in [0.2, 0.25) is 0 Å². The van der Waals surface area contributed by atoms with E-state index in [2.05, 4.69) is 15.3 Å². The highest BCUT2D eigenvalue weighted by Gasteiger charge is 2.35. The number of nitrogens with zero attached hydrogens (tertiary/aromatic N) is 3. The van der Waals surface area contributed by atoms with E-state index in [1.54, 1.807) is 6.92 Å². The third kappa shape index (κ3) is 5.19. The largest absolute Gasteiger partial charge is 0.477 e. The number of aliphatic imine (C=N–C) groups is 1. The van der Waals surface area contributed by atoms with Crippen LogP contribution in [-0.4, -0.2) is 65.3 Å². The zero-order chi connectivity index (χ0) is 23.4. The van der Waals surface area contributed by atoms with Gasteiger partial charge in [0.15, 0.2) is 10.9 Å². The molecule has 3 heterocycles. The van der Waals surface area contributed by atoms with Crippen LogP contribution in [0.4, 0.5) is 5.13 Å². The van der Waals surface area contributed by atoms with E-state index in [0.29, 0.717) is 48.5 Å². The minimum atomic E-state index is -1.16. The van der Waals surface area contributed by atoms with Gasteiger partial charge in [0.05, 0.1) is 12.1 Å². The van der Waals surface area contributed by atoms with E-state index in [9.17, 15) is 19.5 Å². The van der Waals surface area contributed by atoms with Crippen molar-refractivity contribution in [1.29, 1.82) is 0 Å². The number of amides is 1. The van der Waals surface area contributed by atoms with Crippen LogP contribution in [0.15, 0.2) is 15.7 Å². The molecule has 11 heteroatoms. The molecule has 2 atom stereocenters. The molecule has 32 heavy (non-hydrogen) atoms. The predicted molar refractivity (Wildman–Crippen MR) is 123 cm³/mol. The summed E-state index contributed by atoms with van der Waals surface area (Å²) in [6, 6.07) is -0.235. The molecule has 1 aromatic rings. The van der Waals surface area contributed by atoms with E-state index in [-0.39, 0.29) is 40.8 Å². The second kappa shape index (κ2) is 10.5. The van der Waals surface area contributed by atoms with Gasteiger partial charge in [0.25, 0.3) is 5.91 Å². The molecule has 3 rings (SSSR count). The fourth-order valence-corrected chi connectivity index (χ4v) is 5.01. The maximum Gasteiger partial charge on any atom is 0.348 e. The molecule has 174 valence electrons. The number of halogens is 1. The normalized spacial score (nSPS) is 21.0. The van der Waals surface area contributed by atoms with Gasteiger partial charge in [-0.3, -0.25) is 9.59 Å². The number of Topliss-reactive ketones (excluding diaryl/α,β-unsaturated/α-hetero) is 1. The molecule has 0 radical (unpaired) electrons. The Hall–Kier alpha value is -2.30. The topological polar surface area (TPSA) is 121 Å². The first kappa shape index (κ1) is 24.3. The van der Waals surface area contributed by atoms with Crippen molar-refractivity contribution in [1.82, 2.24) is 10.3 Å². The summed E-state index contributed by atoms with van der Waals surface area (Å²) in [5, 5.41) is 13.3. The van der Waals surface area contributed by atoms with Crippen molar-refractivity contribution >= 4 is 51.4 Å². The van der Waals surface area contributed by atoms with Crippen LogP contribution in [0.3, 0.4) is 0 Å². The van der Waals surface area contributed by atoms with E-state index in [1.165, 1.54) is 0 Å². The first-order valence-electron chi connectivity index (χ1n) is 10.7. The zero-order valence-corrected chi connectivity index (χ0v) is 19.9. The van der Waals surface area contributed by atoms with Crippen molar-refractivity contribution < 1.29 is 24.2 Å². The molecular weight excluding hydrogens is 456 g/mol. The lowest BCUT2D eigenvalue weighted by molar-refractivity contribution is -0.117. The molecule has 2 N–H and O–H groups in total. The Morgan fingerprint density at radius 1 is 1.31 bits per heavy atom. The summed E-state index contributed by atoms with van der Waals surface area (Å²) in [7, 11) is 0. The maximum absolute atomic E-state index is 12.7. The number of aromatic carboxylic acids is 1. The molecule has 2 aliphatic rings. The molecule has 0 unspecified atom stereocenters. The van der Waals surface area contributed by atoms with E-state index in [0.717, 1.165) is 23.3 Å². The zero-order valence-electron chi connectivity index (χ0n) is 18.3. The second-order valence-corrected chi connectivity index (χ2v) is 8.88. The van der Waals surface area contributed by atoms with Gasteiger partial charge in [0, 0.05) is 32.5 Å². The number of hydrogen-bond donors (Lipinski definition) is 2. The molecule has 0 saturated carbocycles. The number of ether oxygens (including phenoxy) is 1. The highest BCUT2D eigenvalue weighted by molar-refractivity contribution is 7.17. The molecule has 1 saturated heterocycles. The van der Waals surface area contributed by atoms with E-state index < -0.39 is 5.97 Å². The van der Waals surface area contributed by atoms with Crippen LogP contribution in [0.2, 0.25) is 0 Å². The van der Waals surface area contributed by atoms with Crippen LogP contribution in [0.5, 0.6) is 0 Å². The van der Waals surface area contributed by atoms with Gasteiger partial charge in [-0.15, -0.1) is 0 Å². The number of allylic oxidation sites excluding steroid dienone is 1. The summed E-state index contributed by atoms with van der Waals surface area (Å²) in [5.41, 5.74) is 1.35. The number of carboxylic acid groups (broad SMARTS) is 1. The van der Waals surface area contributed by atoms with Crippen LogP contribution in [0.25, 0.3) is 0 Å². The van der Waals surface area contributed by atoms with Crippen molar-refractivity contribution in [3.63, 3.8) is 0 Å². The fraction of sp³-hybridized carbons (Fsp3) is 0.571.